The van der Waals surface area contributed by atoms with Crippen LogP contribution in [0, 0.1) is 5.95 Å². The minimum Gasteiger partial charge on any atom is -0.342 e. The molecule has 7 heteroatoms. The minimum atomic E-state index is -0.797. The number of hydrogen-bond donors (Lipinski definition) is 2. The lowest BCUT2D eigenvalue weighted by molar-refractivity contribution is 0.0933. The summed E-state index contributed by atoms with van der Waals surface area (Å²) in [6.07, 6.45) is 2.62. The first kappa shape index (κ1) is 11.2. The topological polar surface area (TPSA) is 83.6 Å². The van der Waals surface area contributed by atoms with Gasteiger partial charge < -0.3 is 5.32 Å². The van der Waals surface area contributed by atoms with Gasteiger partial charge in [0.2, 0.25) is 5.95 Å². The van der Waals surface area contributed by atoms with Crippen LogP contribution in [0.5, 0.6) is 0 Å². The van der Waals surface area contributed by atoms with Crippen molar-refractivity contribution in [1.82, 2.24) is 25.5 Å². The van der Waals surface area contributed by atoms with Gasteiger partial charge in [-0.2, -0.15) is 9.49 Å². The standard InChI is InChI=1S/C10H10FN5O/c1-6(9-13-5-14-16-9)15-10(17)7-3-2-4-12-8(7)11/h2-6H,1H3,(H,15,17)(H,13,14,16). The Labute approximate surface area is 96.3 Å². The van der Waals surface area contributed by atoms with Crippen LogP contribution in [0.2, 0.25) is 0 Å². The quantitative estimate of drug-likeness (QED) is 0.772. The van der Waals surface area contributed by atoms with Crippen molar-refractivity contribution in [2.24, 2.45) is 0 Å². The molecule has 1 amide bonds. The zero-order valence-corrected chi connectivity index (χ0v) is 9.01. The van der Waals surface area contributed by atoms with E-state index in [2.05, 4.69) is 25.5 Å². The molecule has 0 fully saturated rings. The maximum Gasteiger partial charge on any atom is 0.256 e. The van der Waals surface area contributed by atoms with E-state index in [1.54, 1.807) is 6.92 Å². The van der Waals surface area contributed by atoms with E-state index in [4.69, 9.17) is 0 Å². The van der Waals surface area contributed by atoms with Crippen molar-refractivity contribution < 1.29 is 9.18 Å². The van der Waals surface area contributed by atoms with E-state index in [1.165, 1.54) is 24.7 Å². The normalized spacial score (nSPS) is 12.1. The third-order valence-electron chi connectivity index (χ3n) is 2.20. The van der Waals surface area contributed by atoms with Gasteiger partial charge in [0.25, 0.3) is 5.91 Å². The molecular formula is C10H10FN5O. The van der Waals surface area contributed by atoms with Gasteiger partial charge in [-0.25, -0.2) is 9.97 Å². The van der Waals surface area contributed by atoms with E-state index in [-0.39, 0.29) is 11.6 Å². The molecule has 2 aromatic heterocycles. The molecule has 0 radical (unpaired) electrons. The Morgan fingerprint density at radius 3 is 3.00 bits per heavy atom. The van der Waals surface area contributed by atoms with Crippen molar-refractivity contribution in [2.45, 2.75) is 13.0 Å². The van der Waals surface area contributed by atoms with E-state index in [0.29, 0.717) is 5.82 Å². The van der Waals surface area contributed by atoms with Gasteiger partial charge in [-0.3, -0.25) is 9.89 Å². The van der Waals surface area contributed by atoms with Crippen molar-refractivity contribution in [3.63, 3.8) is 0 Å². The third kappa shape index (κ3) is 2.44. The van der Waals surface area contributed by atoms with Gasteiger partial charge in [-0.15, -0.1) is 0 Å². The van der Waals surface area contributed by atoms with Crippen LogP contribution in [-0.2, 0) is 0 Å². The first-order chi connectivity index (χ1) is 8.18. The number of rotatable bonds is 3. The number of H-pyrrole nitrogens is 1. The molecule has 0 spiro atoms. The van der Waals surface area contributed by atoms with Crippen LogP contribution in [0.3, 0.4) is 0 Å². The van der Waals surface area contributed by atoms with Gasteiger partial charge in [0.1, 0.15) is 12.2 Å². The molecule has 6 nitrogen and oxygen atoms in total. The molecule has 0 aliphatic heterocycles. The Kier molecular flexibility index (Phi) is 3.08. The molecule has 17 heavy (non-hydrogen) atoms. The summed E-state index contributed by atoms with van der Waals surface area (Å²) < 4.78 is 13.2. The first-order valence-electron chi connectivity index (χ1n) is 4.95. The van der Waals surface area contributed by atoms with Gasteiger partial charge in [0, 0.05) is 6.20 Å². The lowest BCUT2D eigenvalue weighted by atomic mass is 10.2. The number of pyridine rings is 1. The third-order valence-corrected chi connectivity index (χ3v) is 2.20. The second kappa shape index (κ2) is 4.69. The van der Waals surface area contributed by atoms with E-state index in [1.807, 2.05) is 0 Å². The second-order valence-electron chi connectivity index (χ2n) is 3.41. The van der Waals surface area contributed by atoms with Gasteiger partial charge in [-0.1, -0.05) is 0 Å². The molecule has 0 aliphatic rings. The summed E-state index contributed by atoms with van der Waals surface area (Å²) in [5.41, 5.74) is -0.0983. The van der Waals surface area contributed by atoms with Gasteiger partial charge >= 0.3 is 0 Å². The smallest absolute Gasteiger partial charge is 0.256 e. The summed E-state index contributed by atoms with van der Waals surface area (Å²) in [4.78, 5) is 19.0. The van der Waals surface area contributed by atoms with Crippen molar-refractivity contribution in [1.29, 1.82) is 0 Å². The Hall–Kier alpha value is -2.31. The molecule has 2 rings (SSSR count). The minimum absolute atomic E-state index is 0.0983. The van der Waals surface area contributed by atoms with Crippen LogP contribution in [0.4, 0.5) is 4.39 Å². The fraction of sp³-hybridized carbons (Fsp3) is 0.200. The molecule has 0 saturated heterocycles. The average molecular weight is 235 g/mol. The highest BCUT2D eigenvalue weighted by Crippen LogP contribution is 2.08. The molecule has 0 aliphatic carbocycles. The molecule has 1 atom stereocenters. The second-order valence-corrected chi connectivity index (χ2v) is 3.41. The van der Waals surface area contributed by atoms with Gasteiger partial charge in [-0.05, 0) is 19.1 Å². The lowest BCUT2D eigenvalue weighted by Gasteiger charge is -2.10. The van der Waals surface area contributed by atoms with Crippen LogP contribution in [0.1, 0.15) is 29.1 Å². The summed E-state index contributed by atoms with van der Waals surface area (Å²) >= 11 is 0. The molecule has 1 unspecified atom stereocenters. The van der Waals surface area contributed by atoms with Crippen LogP contribution >= 0.6 is 0 Å². The average Bonchev–Trinajstić information content (AvgIpc) is 2.82. The molecular weight excluding hydrogens is 225 g/mol. The van der Waals surface area contributed by atoms with E-state index in [0.717, 1.165) is 0 Å². The van der Waals surface area contributed by atoms with Crippen LogP contribution < -0.4 is 5.32 Å². The van der Waals surface area contributed by atoms with Gasteiger partial charge in [0.15, 0.2) is 0 Å². The van der Waals surface area contributed by atoms with Crippen LogP contribution in [-0.4, -0.2) is 26.1 Å². The lowest BCUT2D eigenvalue weighted by Crippen LogP contribution is -2.28. The number of hydrogen-bond acceptors (Lipinski definition) is 4. The molecule has 0 aromatic carbocycles. The molecule has 0 bridgehead atoms. The summed E-state index contributed by atoms with van der Waals surface area (Å²) in [5.74, 6) is -0.836. The fourth-order valence-electron chi connectivity index (χ4n) is 1.32. The van der Waals surface area contributed by atoms with Gasteiger partial charge in [0.05, 0.1) is 11.6 Å². The highest BCUT2D eigenvalue weighted by Gasteiger charge is 2.16. The summed E-state index contributed by atoms with van der Waals surface area (Å²) in [6.45, 7) is 1.71. The van der Waals surface area contributed by atoms with Crippen molar-refractivity contribution >= 4 is 5.91 Å². The number of carbonyl (C=O) groups excluding carboxylic acids is 1. The number of aromatic amines is 1. The Morgan fingerprint density at radius 2 is 2.35 bits per heavy atom. The van der Waals surface area contributed by atoms with Crippen molar-refractivity contribution in [2.75, 3.05) is 0 Å². The number of halogens is 1. The number of nitrogens with zero attached hydrogens (tertiary/aromatic N) is 3. The van der Waals surface area contributed by atoms with Crippen LogP contribution in [0.15, 0.2) is 24.7 Å². The van der Waals surface area contributed by atoms with Crippen molar-refractivity contribution in [3.05, 3.63) is 42.0 Å². The number of nitrogens with one attached hydrogen (secondary N) is 2. The first-order valence-corrected chi connectivity index (χ1v) is 4.95. The monoisotopic (exact) mass is 235 g/mol. The molecule has 2 N–H and O–H groups in total. The maximum absolute atomic E-state index is 13.2. The highest BCUT2D eigenvalue weighted by atomic mass is 19.1. The predicted molar refractivity (Wildman–Crippen MR) is 56.5 cm³/mol. The molecule has 88 valence electrons. The SMILES string of the molecule is CC(NC(=O)c1cccnc1F)c1ncn[nH]1. The van der Waals surface area contributed by atoms with E-state index in [9.17, 15) is 9.18 Å². The molecule has 2 aromatic rings. The largest absolute Gasteiger partial charge is 0.342 e. The van der Waals surface area contributed by atoms with Crippen molar-refractivity contribution in [3.8, 4) is 0 Å². The van der Waals surface area contributed by atoms with E-state index < -0.39 is 11.9 Å². The molecule has 0 saturated carbocycles. The summed E-state index contributed by atoms with van der Waals surface area (Å²) in [5, 5.41) is 8.88. The zero-order chi connectivity index (χ0) is 12.3. The maximum atomic E-state index is 13.2. The fourth-order valence-corrected chi connectivity index (χ4v) is 1.32. The predicted octanol–water partition coefficient (Wildman–Crippen LogP) is 0.830. The number of amides is 1. The number of aromatic nitrogens is 4. The Bertz CT molecular complexity index is 513. The highest BCUT2D eigenvalue weighted by molar-refractivity contribution is 5.94. The summed E-state index contributed by atoms with van der Waals surface area (Å²) in [6, 6.07) is 2.48. The van der Waals surface area contributed by atoms with E-state index >= 15 is 0 Å². The Morgan fingerprint density at radius 1 is 1.53 bits per heavy atom. The van der Waals surface area contributed by atoms with Crippen LogP contribution in [0.25, 0.3) is 0 Å². The summed E-state index contributed by atoms with van der Waals surface area (Å²) in [7, 11) is 0. The number of carbonyl (C=O) groups is 1. The Balaban J connectivity index is 2.10. The zero-order valence-electron chi connectivity index (χ0n) is 9.01. The molecule has 2 heterocycles.